The molecule has 0 saturated carbocycles. The molecular formula is C18H17ClN3O+. The molecule has 2 aromatic carbocycles. The van der Waals surface area contributed by atoms with Gasteiger partial charge < -0.3 is 0 Å². The predicted molar refractivity (Wildman–Crippen MR) is 93.6 cm³/mol. The van der Waals surface area contributed by atoms with E-state index in [9.17, 15) is 4.79 Å². The van der Waals surface area contributed by atoms with Crippen molar-refractivity contribution in [3.63, 3.8) is 0 Å². The van der Waals surface area contributed by atoms with Gasteiger partial charge in [-0.15, -0.1) is 4.68 Å². The highest BCUT2D eigenvalue weighted by Crippen LogP contribution is 2.21. The van der Waals surface area contributed by atoms with Crippen molar-refractivity contribution < 1.29 is 9.48 Å². The Morgan fingerprint density at radius 2 is 1.78 bits per heavy atom. The molecule has 1 amide bonds. The number of hydrazine groups is 1. The van der Waals surface area contributed by atoms with E-state index in [4.69, 9.17) is 11.6 Å². The van der Waals surface area contributed by atoms with Crippen molar-refractivity contribution in [3.05, 3.63) is 65.2 Å². The fraction of sp³-hybridized carbons (Fsp3) is 0.167. The van der Waals surface area contributed by atoms with Crippen molar-refractivity contribution in [2.45, 2.75) is 13.0 Å². The summed E-state index contributed by atoms with van der Waals surface area (Å²) in [5.41, 5.74) is 2.51. The first kappa shape index (κ1) is 15.4. The highest BCUT2D eigenvalue weighted by molar-refractivity contribution is 6.33. The minimum absolute atomic E-state index is 0.0699. The predicted octanol–water partition coefficient (Wildman–Crippen LogP) is 3.19. The van der Waals surface area contributed by atoms with Gasteiger partial charge in [0.15, 0.2) is 7.05 Å². The largest absolute Gasteiger partial charge is 0.318 e. The first-order valence-electron chi connectivity index (χ1n) is 7.33. The topological polar surface area (TPSA) is 35.7 Å². The van der Waals surface area contributed by atoms with Crippen molar-refractivity contribution >= 4 is 35.1 Å². The second kappa shape index (κ2) is 6.34. The molecule has 0 bridgehead atoms. The van der Waals surface area contributed by atoms with Crippen LogP contribution in [0.15, 0.2) is 59.6 Å². The van der Waals surface area contributed by atoms with Crippen molar-refractivity contribution in [3.8, 4) is 0 Å². The SMILES string of the molecule is CC1=[N+](C)N(c2ccccc2)C(=O)[C@@H]1N=Cc1ccccc1Cl. The molecule has 3 rings (SSSR count). The molecule has 2 aromatic rings. The number of carbonyl (C=O) groups excluding carboxylic acids is 1. The number of hydrogen-bond acceptors (Lipinski definition) is 2. The average molecular weight is 327 g/mol. The molecule has 0 aromatic heterocycles. The normalized spacial score (nSPS) is 18.3. The van der Waals surface area contributed by atoms with E-state index in [1.54, 1.807) is 17.3 Å². The number of nitrogens with zero attached hydrogens (tertiary/aromatic N) is 3. The van der Waals surface area contributed by atoms with Crippen LogP contribution in [0.3, 0.4) is 0 Å². The maximum Gasteiger partial charge on any atom is 0.318 e. The highest BCUT2D eigenvalue weighted by atomic mass is 35.5. The van der Waals surface area contributed by atoms with Gasteiger partial charge in [0.05, 0.1) is 0 Å². The number of amides is 1. The smallest absolute Gasteiger partial charge is 0.268 e. The van der Waals surface area contributed by atoms with Crippen LogP contribution in [-0.2, 0) is 4.79 Å². The molecule has 0 radical (unpaired) electrons. The summed E-state index contributed by atoms with van der Waals surface area (Å²) in [7, 11) is 1.87. The summed E-state index contributed by atoms with van der Waals surface area (Å²) in [6, 6.07) is 16.5. The van der Waals surface area contributed by atoms with Crippen molar-refractivity contribution in [1.82, 2.24) is 0 Å². The zero-order chi connectivity index (χ0) is 16.4. The Balaban J connectivity index is 1.91. The van der Waals surface area contributed by atoms with Crippen molar-refractivity contribution in [1.29, 1.82) is 0 Å². The third-order valence-corrected chi connectivity index (χ3v) is 4.26. The zero-order valence-electron chi connectivity index (χ0n) is 13.0. The number of hydrazone groups is 1. The Morgan fingerprint density at radius 1 is 1.13 bits per heavy atom. The Labute approximate surface area is 140 Å². The van der Waals surface area contributed by atoms with Crippen LogP contribution >= 0.6 is 11.6 Å². The molecule has 1 aliphatic rings. The van der Waals surface area contributed by atoms with Crippen LogP contribution < -0.4 is 5.01 Å². The maximum absolute atomic E-state index is 12.7. The zero-order valence-corrected chi connectivity index (χ0v) is 13.7. The Bertz CT molecular complexity index is 799. The fourth-order valence-corrected chi connectivity index (χ4v) is 2.74. The van der Waals surface area contributed by atoms with Crippen LogP contribution in [0.2, 0.25) is 5.02 Å². The van der Waals surface area contributed by atoms with Crippen molar-refractivity contribution in [2.24, 2.45) is 4.99 Å². The molecule has 0 spiro atoms. The van der Waals surface area contributed by atoms with E-state index in [2.05, 4.69) is 4.99 Å². The minimum atomic E-state index is -0.531. The summed E-state index contributed by atoms with van der Waals surface area (Å²) < 4.78 is 1.84. The van der Waals surface area contributed by atoms with Gasteiger partial charge >= 0.3 is 5.91 Å². The van der Waals surface area contributed by atoms with Gasteiger partial charge in [-0.2, -0.15) is 0 Å². The van der Waals surface area contributed by atoms with Crippen LogP contribution in [0.1, 0.15) is 12.5 Å². The first-order chi connectivity index (χ1) is 11.1. The van der Waals surface area contributed by atoms with Crippen LogP contribution in [-0.4, -0.2) is 35.6 Å². The lowest BCUT2D eigenvalue weighted by atomic mass is 10.2. The Kier molecular flexibility index (Phi) is 4.26. The summed E-state index contributed by atoms with van der Waals surface area (Å²) in [5.74, 6) is -0.0699. The number of carbonyl (C=O) groups is 1. The quantitative estimate of drug-likeness (QED) is 0.630. The van der Waals surface area contributed by atoms with Crippen LogP contribution in [0.5, 0.6) is 0 Å². The third kappa shape index (κ3) is 2.90. The minimum Gasteiger partial charge on any atom is -0.268 e. The second-order valence-electron chi connectivity index (χ2n) is 5.35. The number of halogens is 1. The maximum atomic E-state index is 12.7. The standard InChI is InChI=1S/C18H17ClN3O/c1-13-17(20-12-14-8-6-7-11-16(14)19)18(23)22(21(13)2)15-9-4-3-5-10-15/h3-12,17H,1-2H3/q+1/t17-/m1/s1. The van der Waals surface area contributed by atoms with E-state index in [1.807, 2.05) is 67.2 Å². The summed E-state index contributed by atoms with van der Waals surface area (Å²) in [6.45, 7) is 1.91. The fourth-order valence-electron chi connectivity index (χ4n) is 2.55. The van der Waals surface area contributed by atoms with Gasteiger partial charge in [-0.25, -0.2) is 0 Å². The number of benzene rings is 2. The van der Waals surface area contributed by atoms with Crippen molar-refractivity contribution in [2.75, 3.05) is 12.1 Å². The Morgan fingerprint density at radius 3 is 2.48 bits per heavy atom. The highest BCUT2D eigenvalue weighted by Gasteiger charge is 2.44. The van der Waals surface area contributed by atoms with Crippen LogP contribution in [0.25, 0.3) is 0 Å². The van der Waals surface area contributed by atoms with Gasteiger partial charge in [-0.1, -0.05) is 53.0 Å². The van der Waals surface area contributed by atoms with Crippen LogP contribution in [0.4, 0.5) is 5.69 Å². The molecule has 23 heavy (non-hydrogen) atoms. The molecule has 1 atom stereocenters. The number of anilines is 1. The van der Waals surface area contributed by atoms with E-state index >= 15 is 0 Å². The number of hydrogen-bond donors (Lipinski definition) is 0. The molecule has 0 fully saturated rings. The molecule has 5 heteroatoms. The third-order valence-electron chi connectivity index (χ3n) is 3.92. The average Bonchev–Trinajstić information content (AvgIpc) is 2.78. The number of aliphatic imine (C=N–C) groups is 1. The molecule has 116 valence electrons. The molecule has 0 unspecified atom stereocenters. The summed E-state index contributed by atoms with van der Waals surface area (Å²) in [5, 5.41) is 2.26. The summed E-state index contributed by atoms with van der Waals surface area (Å²) in [6.07, 6.45) is 1.66. The first-order valence-corrected chi connectivity index (χ1v) is 7.71. The van der Waals surface area contributed by atoms with Gasteiger partial charge in [-0.05, 0) is 18.2 Å². The number of rotatable bonds is 3. The van der Waals surface area contributed by atoms with Gasteiger partial charge in [0.2, 0.25) is 11.8 Å². The molecule has 1 heterocycles. The Hall–Kier alpha value is -2.46. The van der Waals surface area contributed by atoms with Gasteiger partial charge in [0.25, 0.3) is 0 Å². The molecule has 1 aliphatic heterocycles. The molecule has 0 saturated heterocycles. The lowest BCUT2D eigenvalue weighted by molar-refractivity contribution is -0.495. The molecule has 4 nitrogen and oxygen atoms in total. The molecular weight excluding hydrogens is 310 g/mol. The van der Waals surface area contributed by atoms with Gasteiger partial charge in [0, 0.05) is 23.7 Å². The van der Waals surface area contributed by atoms with Gasteiger partial charge in [0.1, 0.15) is 5.69 Å². The van der Waals surface area contributed by atoms with E-state index in [-0.39, 0.29) is 5.91 Å². The van der Waals surface area contributed by atoms with E-state index < -0.39 is 6.04 Å². The lowest BCUT2D eigenvalue weighted by Crippen LogP contribution is -2.35. The summed E-state index contributed by atoms with van der Waals surface area (Å²) in [4.78, 5) is 17.2. The van der Waals surface area contributed by atoms with Gasteiger partial charge in [-0.3, -0.25) is 9.79 Å². The van der Waals surface area contributed by atoms with E-state index in [1.165, 1.54) is 0 Å². The van der Waals surface area contributed by atoms with E-state index in [0.29, 0.717) is 5.02 Å². The van der Waals surface area contributed by atoms with Crippen LogP contribution in [0, 0.1) is 0 Å². The summed E-state index contributed by atoms with van der Waals surface area (Å²) >= 11 is 6.13. The van der Waals surface area contributed by atoms with E-state index in [0.717, 1.165) is 17.0 Å². The molecule has 0 N–H and O–H groups in total. The number of para-hydroxylation sites is 1. The molecule has 0 aliphatic carbocycles. The second-order valence-corrected chi connectivity index (χ2v) is 5.76. The monoisotopic (exact) mass is 326 g/mol. The lowest BCUT2D eigenvalue weighted by Gasteiger charge is -2.10.